The van der Waals surface area contributed by atoms with E-state index in [9.17, 15) is 13.0 Å². The number of aromatic nitrogens is 1. The second kappa shape index (κ2) is 8.40. The van der Waals surface area contributed by atoms with Crippen LogP contribution in [-0.2, 0) is 16.7 Å². The van der Waals surface area contributed by atoms with Gasteiger partial charge in [-0.1, -0.05) is 18.2 Å². The predicted molar refractivity (Wildman–Crippen MR) is 88.1 cm³/mol. The van der Waals surface area contributed by atoms with Crippen LogP contribution in [0, 0.1) is 0 Å². The van der Waals surface area contributed by atoms with Gasteiger partial charge in [0.2, 0.25) is 0 Å². The lowest BCUT2D eigenvalue weighted by molar-refractivity contribution is -0.697. The van der Waals surface area contributed by atoms with E-state index in [0.29, 0.717) is 19.4 Å². The fraction of sp³-hybridized carbons (Fsp3) is 0.250. The highest BCUT2D eigenvalue weighted by Gasteiger charge is 2.01. The molecule has 1 aromatic heterocycles. The number of nitrogens with one attached hydrogen (secondary N) is 1. The fourth-order valence-corrected chi connectivity index (χ4v) is 2.53. The molecule has 6 nitrogen and oxygen atoms in total. The number of hydrogen-bond donors (Lipinski definition) is 1. The first kappa shape index (κ1) is 17.1. The number of para-hydroxylation sites is 1. The Morgan fingerprint density at radius 2 is 1.78 bits per heavy atom. The molecule has 122 valence electrons. The maximum atomic E-state index is 10.5. The van der Waals surface area contributed by atoms with E-state index in [0.717, 1.165) is 11.3 Å². The Morgan fingerprint density at radius 3 is 2.43 bits per heavy atom. The number of hydrazone groups is 1. The Bertz CT molecular complexity index is 729. The van der Waals surface area contributed by atoms with Crippen molar-refractivity contribution in [3.05, 3.63) is 60.4 Å². The van der Waals surface area contributed by atoms with Gasteiger partial charge in [0.25, 0.3) is 0 Å². The second-order valence-corrected chi connectivity index (χ2v) is 6.60. The number of rotatable bonds is 8. The maximum Gasteiger partial charge on any atom is 0.169 e. The Labute approximate surface area is 136 Å². The van der Waals surface area contributed by atoms with Gasteiger partial charge in [0.05, 0.1) is 22.0 Å². The highest BCUT2D eigenvalue weighted by atomic mass is 32.2. The molecule has 0 spiro atoms. The smallest absolute Gasteiger partial charge is 0.169 e. The number of pyridine rings is 1. The molecule has 1 heterocycles. The van der Waals surface area contributed by atoms with Crippen LogP contribution in [0.4, 0.5) is 5.69 Å². The molecule has 23 heavy (non-hydrogen) atoms. The van der Waals surface area contributed by atoms with E-state index >= 15 is 0 Å². The molecule has 0 saturated carbocycles. The van der Waals surface area contributed by atoms with E-state index in [1.807, 2.05) is 59.4 Å². The summed E-state index contributed by atoms with van der Waals surface area (Å²) < 4.78 is 33.5. The van der Waals surface area contributed by atoms with Crippen LogP contribution in [0.3, 0.4) is 0 Å². The van der Waals surface area contributed by atoms with Gasteiger partial charge in [-0.3, -0.25) is 5.43 Å². The van der Waals surface area contributed by atoms with E-state index in [1.165, 1.54) is 0 Å². The highest BCUT2D eigenvalue weighted by molar-refractivity contribution is 7.85. The zero-order valence-electron chi connectivity index (χ0n) is 12.6. The molecule has 1 N–H and O–H groups in total. The van der Waals surface area contributed by atoms with Crippen LogP contribution < -0.4 is 9.99 Å². The molecule has 0 aliphatic heterocycles. The fourth-order valence-electron chi connectivity index (χ4n) is 1.97. The van der Waals surface area contributed by atoms with Crippen molar-refractivity contribution in [1.82, 2.24) is 0 Å². The Kier molecular flexibility index (Phi) is 6.25. The van der Waals surface area contributed by atoms with Crippen LogP contribution >= 0.6 is 0 Å². The SMILES string of the molecule is O=S(=O)([O-])CCCC[n+]1ccc(/C=N/Nc2ccccc2)cc1. The molecule has 7 heteroatoms. The first-order valence-electron chi connectivity index (χ1n) is 7.30. The molecular weight excluding hydrogens is 314 g/mol. The van der Waals surface area contributed by atoms with Gasteiger partial charge >= 0.3 is 0 Å². The van der Waals surface area contributed by atoms with Gasteiger partial charge in [-0.05, 0) is 18.6 Å². The first-order chi connectivity index (χ1) is 11.0. The van der Waals surface area contributed by atoms with Gasteiger partial charge < -0.3 is 4.55 Å². The van der Waals surface area contributed by atoms with Crippen molar-refractivity contribution >= 4 is 22.0 Å². The minimum Gasteiger partial charge on any atom is -0.748 e. The third-order valence-electron chi connectivity index (χ3n) is 3.16. The van der Waals surface area contributed by atoms with E-state index in [4.69, 9.17) is 0 Å². The van der Waals surface area contributed by atoms with Gasteiger partial charge in [-0.2, -0.15) is 5.10 Å². The van der Waals surface area contributed by atoms with E-state index in [-0.39, 0.29) is 5.75 Å². The molecule has 0 fully saturated rings. The Morgan fingerprint density at radius 1 is 1.09 bits per heavy atom. The molecule has 1 aromatic carbocycles. The van der Waals surface area contributed by atoms with Crippen molar-refractivity contribution < 1.29 is 17.5 Å². The van der Waals surface area contributed by atoms with Crippen molar-refractivity contribution in [3.63, 3.8) is 0 Å². The average molecular weight is 333 g/mol. The zero-order chi connectivity index (χ0) is 16.5. The molecule has 0 atom stereocenters. The minimum atomic E-state index is -4.10. The summed E-state index contributed by atoms with van der Waals surface area (Å²) in [4.78, 5) is 0. The van der Waals surface area contributed by atoms with Gasteiger partial charge in [-0.25, -0.2) is 13.0 Å². The number of aryl methyl sites for hydroxylation is 1. The van der Waals surface area contributed by atoms with Crippen molar-refractivity contribution in [2.45, 2.75) is 19.4 Å². The van der Waals surface area contributed by atoms with Crippen LogP contribution in [-0.4, -0.2) is 24.9 Å². The number of nitrogens with zero attached hydrogens (tertiary/aromatic N) is 2. The lowest BCUT2D eigenvalue weighted by Crippen LogP contribution is -2.32. The van der Waals surface area contributed by atoms with Crippen LogP contribution in [0.2, 0.25) is 0 Å². The lowest BCUT2D eigenvalue weighted by Gasteiger charge is -2.04. The zero-order valence-corrected chi connectivity index (χ0v) is 13.4. The van der Waals surface area contributed by atoms with Gasteiger partial charge in [0, 0.05) is 29.9 Å². The summed E-state index contributed by atoms with van der Waals surface area (Å²) in [6.07, 6.45) is 6.55. The Balaban J connectivity index is 1.78. The van der Waals surface area contributed by atoms with Crippen LogP contribution in [0.15, 0.2) is 60.0 Å². The average Bonchev–Trinajstić information content (AvgIpc) is 2.53. The quantitative estimate of drug-likeness (QED) is 0.262. The number of hydrogen-bond acceptors (Lipinski definition) is 5. The van der Waals surface area contributed by atoms with Gasteiger partial charge in [0.15, 0.2) is 12.4 Å². The van der Waals surface area contributed by atoms with E-state index < -0.39 is 10.1 Å². The lowest BCUT2D eigenvalue weighted by atomic mass is 10.3. The third-order valence-corrected chi connectivity index (χ3v) is 3.95. The molecule has 0 amide bonds. The molecule has 2 rings (SSSR count). The predicted octanol–water partition coefficient (Wildman–Crippen LogP) is 1.75. The largest absolute Gasteiger partial charge is 0.748 e. The van der Waals surface area contributed by atoms with Crippen molar-refractivity contribution in [2.75, 3.05) is 11.2 Å². The summed E-state index contributed by atoms with van der Waals surface area (Å²) >= 11 is 0. The van der Waals surface area contributed by atoms with Gasteiger partial charge in [-0.15, -0.1) is 0 Å². The summed E-state index contributed by atoms with van der Waals surface area (Å²) in [7, 11) is -4.10. The topological polar surface area (TPSA) is 85.5 Å². The summed E-state index contributed by atoms with van der Waals surface area (Å²) in [5, 5.41) is 4.16. The summed E-state index contributed by atoms with van der Waals surface area (Å²) in [6, 6.07) is 13.5. The van der Waals surface area contributed by atoms with E-state index in [1.54, 1.807) is 6.21 Å². The number of anilines is 1. The van der Waals surface area contributed by atoms with Crippen molar-refractivity contribution in [3.8, 4) is 0 Å². The standard InChI is InChI=1S/C16H19N3O3S/c20-23(21,22)13-5-4-10-19-11-8-15(9-12-19)14-17-18-16-6-2-1-3-7-16/h1-3,6-9,11-12,14H,4-5,10,13H2,(H,20,21,22). The summed E-state index contributed by atoms with van der Waals surface area (Å²) in [5.74, 6) is -0.302. The van der Waals surface area contributed by atoms with Crippen LogP contribution in [0.5, 0.6) is 0 Å². The molecule has 0 saturated heterocycles. The second-order valence-electron chi connectivity index (χ2n) is 5.07. The Hall–Kier alpha value is -2.25. The number of benzene rings is 1. The molecule has 0 aliphatic carbocycles. The number of unbranched alkanes of at least 4 members (excludes halogenated alkanes) is 1. The maximum absolute atomic E-state index is 10.5. The minimum absolute atomic E-state index is 0.302. The van der Waals surface area contributed by atoms with Crippen molar-refractivity contribution in [1.29, 1.82) is 0 Å². The molecule has 0 unspecified atom stereocenters. The van der Waals surface area contributed by atoms with Crippen molar-refractivity contribution in [2.24, 2.45) is 5.10 Å². The summed E-state index contributed by atoms with van der Waals surface area (Å²) in [6.45, 7) is 0.676. The molecule has 2 aromatic rings. The van der Waals surface area contributed by atoms with Gasteiger partial charge in [0.1, 0.15) is 6.54 Å². The molecular formula is C16H19N3O3S. The summed E-state index contributed by atoms with van der Waals surface area (Å²) in [5.41, 5.74) is 4.81. The van der Waals surface area contributed by atoms with Crippen LogP contribution in [0.25, 0.3) is 0 Å². The molecule has 0 aliphatic rings. The highest BCUT2D eigenvalue weighted by Crippen LogP contribution is 2.04. The molecule has 0 radical (unpaired) electrons. The molecule has 0 bridgehead atoms. The normalized spacial score (nSPS) is 11.7. The third kappa shape index (κ3) is 7.03. The van der Waals surface area contributed by atoms with Crippen LogP contribution in [0.1, 0.15) is 18.4 Å². The van der Waals surface area contributed by atoms with E-state index in [2.05, 4.69) is 10.5 Å². The monoisotopic (exact) mass is 333 g/mol. The first-order valence-corrected chi connectivity index (χ1v) is 8.87.